The Morgan fingerprint density at radius 2 is 2.10 bits per heavy atom. The molecule has 1 heterocycles. The Hall–Kier alpha value is -0.900. The predicted octanol–water partition coefficient (Wildman–Crippen LogP) is 2.32. The van der Waals surface area contributed by atoms with Gasteiger partial charge in [0.2, 0.25) is 0 Å². The number of rotatable bonds is 6. The summed E-state index contributed by atoms with van der Waals surface area (Å²) in [5.74, 6) is 0. The van der Waals surface area contributed by atoms with E-state index >= 15 is 0 Å². The minimum atomic E-state index is 0.491. The molecule has 112 valence electrons. The molecule has 20 heavy (non-hydrogen) atoms. The number of ether oxygens (including phenoxy) is 1. The number of piperazine rings is 1. The highest BCUT2D eigenvalue weighted by atomic mass is 16.5. The van der Waals surface area contributed by atoms with Crippen LogP contribution in [0.25, 0.3) is 0 Å². The highest BCUT2D eigenvalue weighted by Gasteiger charge is 2.29. The molecule has 1 aromatic rings. The smallest absolute Gasteiger partial charge is 0.0615 e. The van der Waals surface area contributed by atoms with Crippen LogP contribution in [0.1, 0.15) is 25.8 Å². The van der Waals surface area contributed by atoms with Crippen molar-refractivity contribution in [2.24, 2.45) is 0 Å². The lowest BCUT2D eigenvalue weighted by molar-refractivity contribution is 0.0399. The van der Waals surface area contributed by atoms with Crippen molar-refractivity contribution >= 4 is 0 Å². The molecule has 1 saturated heterocycles. The van der Waals surface area contributed by atoms with Gasteiger partial charge < -0.3 is 10.1 Å². The molecule has 0 spiro atoms. The predicted molar refractivity (Wildman–Crippen MR) is 84.1 cm³/mol. The van der Waals surface area contributed by atoms with Gasteiger partial charge in [-0.25, -0.2) is 0 Å². The molecule has 2 rings (SSSR count). The Labute approximate surface area is 123 Å². The van der Waals surface area contributed by atoms with Crippen LogP contribution < -0.4 is 5.32 Å². The molecule has 3 nitrogen and oxygen atoms in total. The summed E-state index contributed by atoms with van der Waals surface area (Å²) in [6.07, 6.45) is 2.30. The molecule has 1 aliphatic rings. The van der Waals surface area contributed by atoms with Crippen molar-refractivity contribution in [2.45, 2.75) is 44.8 Å². The molecule has 3 heteroatoms. The largest absolute Gasteiger partial charge is 0.383 e. The van der Waals surface area contributed by atoms with E-state index in [9.17, 15) is 0 Å². The van der Waals surface area contributed by atoms with E-state index in [1.807, 2.05) is 0 Å². The molecule has 3 atom stereocenters. The van der Waals surface area contributed by atoms with Crippen molar-refractivity contribution in [1.29, 1.82) is 0 Å². The van der Waals surface area contributed by atoms with Gasteiger partial charge in [-0.05, 0) is 25.3 Å². The van der Waals surface area contributed by atoms with Crippen molar-refractivity contribution in [3.05, 3.63) is 35.9 Å². The Morgan fingerprint density at radius 3 is 2.75 bits per heavy atom. The second-order valence-electron chi connectivity index (χ2n) is 5.86. The fraction of sp³-hybridized carbons (Fsp3) is 0.647. The summed E-state index contributed by atoms with van der Waals surface area (Å²) in [7, 11) is 1.79. The van der Waals surface area contributed by atoms with Crippen LogP contribution in [0.15, 0.2) is 30.3 Å². The normalized spacial score (nSPS) is 25.6. The first-order chi connectivity index (χ1) is 9.74. The average Bonchev–Trinajstić information content (AvgIpc) is 2.48. The molecule has 1 aromatic carbocycles. The molecule has 3 unspecified atom stereocenters. The maximum absolute atomic E-state index is 5.34. The molecule has 0 aromatic heterocycles. The van der Waals surface area contributed by atoms with Gasteiger partial charge in [0.05, 0.1) is 6.61 Å². The van der Waals surface area contributed by atoms with Crippen LogP contribution in [0.4, 0.5) is 0 Å². The molecule has 1 fully saturated rings. The van der Waals surface area contributed by atoms with Crippen LogP contribution >= 0.6 is 0 Å². The second kappa shape index (κ2) is 7.77. The first kappa shape index (κ1) is 15.5. The molecule has 0 amide bonds. The average molecular weight is 276 g/mol. The van der Waals surface area contributed by atoms with E-state index in [0.717, 1.165) is 26.1 Å². The standard InChI is InChI=1S/C17H28N2O/c1-4-17-11-18-16(10-15-8-6-5-7-9-15)12-19(17)14(2)13-20-3/h5-9,14,16-18H,4,10-13H2,1-3H3. The fourth-order valence-corrected chi connectivity index (χ4v) is 3.18. The molecular weight excluding hydrogens is 248 g/mol. The van der Waals surface area contributed by atoms with Crippen LogP contribution in [0.3, 0.4) is 0 Å². The maximum atomic E-state index is 5.34. The monoisotopic (exact) mass is 276 g/mol. The number of nitrogens with one attached hydrogen (secondary N) is 1. The number of nitrogens with zero attached hydrogens (tertiary/aromatic N) is 1. The Bertz CT molecular complexity index is 382. The Morgan fingerprint density at radius 1 is 1.35 bits per heavy atom. The first-order valence-corrected chi connectivity index (χ1v) is 7.76. The Kier molecular flexibility index (Phi) is 6.02. The van der Waals surface area contributed by atoms with Crippen molar-refractivity contribution < 1.29 is 4.74 Å². The molecule has 1 N–H and O–H groups in total. The third-order valence-corrected chi connectivity index (χ3v) is 4.31. The van der Waals surface area contributed by atoms with Gasteiger partial charge in [0.15, 0.2) is 0 Å². The van der Waals surface area contributed by atoms with Gasteiger partial charge in [0.1, 0.15) is 0 Å². The van der Waals surface area contributed by atoms with E-state index in [0.29, 0.717) is 18.1 Å². The quantitative estimate of drug-likeness (QED) is 0.863. The van der Waals surface area contributed by atoms with Crippen molar-refractivity contribution in [3.63, 3.8) is 0 Å². The van der Waals surface area contributed by atoms with E-state index in [1.54, 1.807) is 7.11 Å². The summed E-state index contributed by atoms with van der Waals surface area (Å²) in [5, 5.41) is 3.71. The molecule has 0 radical (unpaired) electrons. The summed E-state index contributed by atoms with van der Waals surface area (Å²) in [6.45, 7) is 7.56. The van der Waals surface area contributed by atoms with E-state index < -0.39 is 0 Å². The highest BCUT2D eigenvalue weighted by molar-refractivity contribution is 5.16. The SMILES string of the molecule is CCC1CNC(Cc2ccccc2)CN1C(C)COC. The van der Waals surface area contributed by atoms with Crippen LogP contribution in [-0.2, 0) is 11.2 Å². The van der Waals surface area contributed by atoms with E-state index in [1.165, 1.54) is 12.0 Å². The third-order valence-electron chi connectivity index (χ3n) is 4.31. The zero-order valence-electron chi connectivity index (χ0n) is 13.0. The number of benzene rings is 1. The van der Waals surface area contributed by atoms with Gasteiger partial charge in [0.25, 0.3) is 0 Å². The summed E-state index contributed by atoms with van der Waals surface area (Å²) in [4.78, 5) is 2.62. The van der Waals surface area contributed by atoms with Crippen LogP contribution in [0.5, 0.6) is 0 Å². The van der Waals surface area contributed by atoms with Crippen molar-refractivity contribution in [2.75, 3.05) is 26.8 Å². The van der Waals surface area contributed by atoms with E-state index in [4.69, 9.17) is 4.74 Å². The molecule has 1 aliphatic heterocycles. The molecule has 0 saturated carbocycles. The van der Waals surface area contributed by atoms with Crippen LogP contribution in [-0.4, -0.2) is 49.8 Å². The highest BCUT2D eigenvalue weighted by Crippen LogP contribution is 2.16. The zero-order valence-corrected chi connectivity index (χ0v) is 13.0. The number of hydrogen-bond donors (Lipinski definition) is 1. The summed E-state index contributed by atoms with van der Waals surface area (Å²) >= 11 is 0. The molecule has 0 aliphatic carbocycles. The van der Waals surface area contributed by atoms with Gasteiger partial charge in [-0.3, -0.25) is 4.90 Å². The van der Waals surface area contributed by atoms with Crippen molar-refractivity contribution in [3.8, 4) is 0 Å². The van der Waals surface area contributed by atoms with Gasteiger partial charge in [-0.15, -0.1) is 0 Å². The minimum absolute atomic E-state index is 0.491. The van der Waals surface area contributed by atoms with Gasteiger partial charge in [-0.2, -0.15) is 0 Å². The lowest BCUT2D eigenvalue weighted by Gasteiger charge is -2.43. The summed E-state index contributed by atoms with van der Waals surface area (Å²) in [5.41, 5.74) is 1.42. The fourth-order valence-electron chi connectivity index (χ4n) is 3.18. The van der Waals surface area contributed by atoms with E-state index in [2.05, 4.69) is 54.4 Å². The van der Waals surface area contributed by atoms with Gasteiger partial charge >= 0.3 is 0 Å². The lowest BCUT2D eigenvalue weighted by atomic mass is 9.99. The Balaban J connectivity index is 1.96. The molecule has 0 bridgehead atoms. The van der Waals surface area contributed by atoms with Crippen LogP contribution in [0, 0.1) is 0 Å². The summed E-state index contributed by atoms with van der Waals surface area (Å²) in [6, 6.07) is 12.4. The minimum Gasteiger partial charge on any atom is -0.383 e. The third kappa shape index (κ3) is 4.05. The zero-order chi connectivity index (χ0) is 14.4. The topological polar surface area (TPSA) is 24.5 Å². The van der Waals surface area contributed by atoms with Gasteiger partial charge in [0, 0.05) is 38.3 Å². The van der Waals surface area contributed by atoms with Gasteiger partial charge in [-0.1, -0.05) is 37.3 Å². The van der Waals surface area contributed by atoms with Crippen LogP contribution in [0.2, 0.25) is 0 Å². The van der Waals surface area contributed by atoms with Crippen molar-refractivity contribution in [1.82, 2.24) is 10.2 Å². The number of methoxy groups -OCH3 is 1. The molecular formula is C17H28N2O. The second-order valence-corrected chi connectivity index (χ2v) is 5.86. The lowest BCUT2D eigenvalue weighted by Crippen LogP contribution is -2.60. The maximum Gasteiger partial charge on any atom is 0.0615 e. The number of hydrogen-bond acceptors (Lipinski definition) is 3. The summed E-state index contributed by atoms with van der Waals surface area (Å²) < 4.78 is 5.34. The first-order valence-electron chi connectivity index (χ1n) is 7.76. The van der Waals surface area contributed by atoms with E-state index in [-0.39, 0.29) is 0 Å².